The fourth-order valence-electron chi connectivity index (χ4n) is 2.53. The minimum absolute atomic E-state index is 0.202. The summed E-state index contributed by atoms with van der Waals surface area (Å²) in [5, 5.41) is 8.82. The zero-order valence-electron chi connectivity index (χ0n) is 14.4. The minimum Gasteiger partial charge on any atom is -0.480 e. The maximum atomic E-state index is 12.8. The molecule has 3 N–H and O–H groups in total. The van der Waals surface area contributed by atoms with Crippen LogP contribution in [0.2, 0.25) is 0 Å². The van der Waals surface area contributed by atoms with Gasteiger partial charge in [0.15, 0.2) is 0 Å². The van der Waals surface area contributed by atoms with Gasteiger partial charge in [-0.3, -0.25) is 19.3 Å². The zero-order chi connectivity index (χ0) is 18.9. The molecule has 0 aliphatic rings. The monoisotopic (exact) mass is 354 g/mol. The van der Waals surface area contributed by atoms with Gasteiger partial charge < -0.3 is 10.8 Å². The first kappa shape index (κ1) is 19.3. The summed E-state index contributed by atoms with van der Waals surface area (Å²) in [6.07, 6.45) is 1.29. The molecule has 0 fully saturated rings. The Morgan fingerprint density at radius 3 is 1.73 bits per heavy atom. The van der Waals surface area contributed by atoms with Gasteiger partial charge in [0.2, 0.25) is 0 Å². The normalized spacial score (nSPS) is 11.6. The Kier molecular flexibility index (Phi) is 7.05. The van der Waals surface area contributed by atoms with Crippen molar-refractivity contribution in [3.8, 4) is 0 Å². The summed E-state index contributed by atoms with van der Waals surface area (Å²) in [6.45, 7) is 0.202. The average molecular weight is 354 g/mol. The van der Waals surface area contributed by atoms with Gasteiger partial charge in [0, 0.05) is 17.7 Å². The number of carbonyl (C=O) groups is 3. The predicted molar refractivity (Wildman–Crippen MR) is 97.7 cm³/mol. The lowest BCUT2D eigenvalue weighted by Gasteiger charge is -2.21. The molecule has 2 aromatic carbocycles. The summed E-state index contributed by atoms with van der Waals surface area (Å²) >= 11 is 0. The van der Waals surface area contributed by atoms with Crippen molar-refractivity contribution in [2.75, 3.05) is 6.54 Å². The highest BCUT2D eigenvalue weighted by atomic mass is 16.4. The largest absolute Gasteiger partial charge is 0.480 e. The molecule has 0 radical (unpaired) electrons. The quantitative estimate of drug-likeness (QED) is 0.560. The van der Waals surface area contributed by atoms with Crippen LogP contribution in [-0.4, -0.2) is 40.4 Å². The third kappa shape index (κ3) is 5.26. The van der Waals surface area contributed by atoms with E-state index in [9.17, 15) is 14.4 Å². The van der Waals surface area contributed by atoms with Gasteiger partial charge in [0.05, 0.1) is 0 Å². The van der Waals surface area contributed by atoms with Crippen LogP contribution in [0.1, 0.15) is 40.0 Å². The van der Waals surface area contributed by atoms with Crippen LogP contribution in [-0.2, 0) is 4.79 Å². The summed E-state index contributed by atoms with van der Waals surface area (Å²) < 4.78 is 0. The van der Waals surface area contributed by atoms with E-state index >= 15 is 0 Å². The van der Waals surface area contributed by atoms with E-state index in [1.54, 1.807) is 60.7 Å². The SMILES string of the molecule is N[C@@H](CCCCN(C(=O)c1ccccc1)C(=O)c1ccccc1)C(=O)O. The maximum absolute atomic E-state index is 12.8. The van der Waals surface area contributed by atoms with E-state index in [4.69, 9.17) is 10.8 Å². The van der Waals surface area contributed by atoms with Gasteiger partial charge in [-0.2, -0.15) is 0 Å². The smallest absolute Gasteiger partial charge is 0.320 e. The molecule has 6 heteroatoms. The molecule has 0 aromatic heterocycles. The molecule has 2 amide bonds. The van der Waals surface area contributed by atoms with Crippen LogP contribution in [0.25, 0.3) is 0 Å². The van der Waals surface area contributed by atoms with Gasteiger partial charge in [-0.15, -0.1) is 0 Å². The molecule has 0 saturated carbocycles. The van der Waals surface area contributed by atoms with Crippen molar-refractivity contribution in [3.63, 3.8) is 0 Å². The van der Waals surface area contributed by atoms with Crippen LogP contribution in [0.3, 0.4) is 0 Å². The van der Waals surface area contributed by atoms with E-state index in [0.29, 0.717) is 30.4 Å². The van der Waals surface area contributed by atoms with Crippen LogP contribution >= 0.6 is 0 Å². The van der Waals surface area contributed by atoms with Crippen LogP contribution in [0, 0.1) is 0 Å². The summed E-state index contributed by atoms with van der Waals surface area (Å²) in [4.78, 5) is 37.5. The van der Waals surface area contributed by atoms with Gasteiger partial charge in [-0.05, 0) is 43.5 Å². The number of nitrogens with two attached hydrogens (primary N) is 1. The first-order valence-electron chi connectivity index (χ1n) is 8.45. The van der Waals surface area contributed by atoms with Crippen molar-refractivity contribution in [2.24, 2.45) is 5.73 Å². The highest BCUT2D eigenvalue weighted by Gasteiger charge is 2.23. The highest BCUT2D eigenvalue weighted by molar-refractivity contribution is 6.10. The van der Waals surface area contributed by atoms with Crippen molar-refractivity contribution < 1.29 is 19.5 Å². The number of imide groups is 1. The van der Waals surface area contributed by atoms with E-state index < -0.39 is 12.0 Å². The molecule has 2 rings (SSSR count). The number of rotatable bonds is 8. The molecule has 26 heavy (non-hydrogen) atoms. The molecule has 0 heterocycles. The molecule has 136 valence electrons. The standard InChI is InChI=1S/C20H22N2O4/c21-17(20(25)26)13-7-8-14-22(18(23)15-9-3-1-4-10-15)19(24)16-11-5-2-6-12-16/h1-6,9-12,17H,7-8,13-14,21H2,(H,25,26)/t17-/m0/s1. The van der Waals surface area contributed by atoms with Gasteiger partial charge in [0.1, 0.15) is 6.04 Å². The topological polar surface area (TPSA) is 101 Å². The fraction of sp³-hybridized carbons (Fsp3) is 0.250. The number of aliphatic carboxylic acids is 1. The molecule has 2 aromatic rings. The number of hydrogen-bond acceptors (Lipinski definition) is 4. The predicted octanol–water partition coefficient (Wildman–Crippen LogP) is 2.55. The lowest BCUT2D eigenvalue weighted by molar-refractivity contribution is -0.138. The maximum Gasteiger partial charge on any atom is 0.320 e. The number of benzene rings is 2. The summed E-state index contributed by atoms with van der Waals surface area (Å²) in [7, 11) is 0. The molecule has 0 aliphatic heterocycles. The first-order valence-corrected chi connectivity index (χ1v) is 8.45. The third-order valence-corrected chi connectivity index (χ3v) is 4.00. The Morgan fingerprint density at radius 1 is 0.846 bits per heavy atom. The second kappa shape index (κ2) is 9.48. The molecular formula is C20H22N2O4. The Balaban J connectivity index is 2.10. The van der Waals surface area contributed by atoms with E-state index in [2.05, 4.69) is 0 Å². The van der Waals surface area contributed by atoms with Crippen LogP contribution < -0.4 is 5.73 Å². The van der Waals surface area contributed by atoms with Crippen molar-refractivity contribution in [3.05, 3.63) is 71.8 Å². The van der Waals surface area contributed by atoms with E-state index in [1.165, 1.54) is 4.90 Å². The van der Waals surface area contributed by atoms with Gasteiger partial charge in [-0.1, -0.05) is 36.4 Å². The molecule has 0 unspecified atom stereocenters. The van der Waals surface area contributed by atoms with E-state index in [0.717, 1.165) is 0 Å². The molecule has 0 saturated heterocycles. The Labute approximate surface area is 152 Å². The van der Waals surface area contributed by atoms with Crippen LogP contribution in [0.5, 0.6) is 0 Å². The van der Waals surface area contributed by atoms with Crippen molar-refractivity contribution in [1.82, 2.24) is 4.90 Å². The zero-order valence-corrected chi connectivity index (χ0v) is 14.4. The minimum atomic E-state index is -1.05. The summed E-state index contributed by atoms with van der Waals surface area (Å²) in [5.41, 5.74) is 6.35. The van der Waals surface area contributed by atoms with Gasteiger partial charge >= 0.3 is 5.97 Å². The number of unbranched alkanes of at least 4 members (excludes halogenated alkanes) is 1. The lowest BCUT2D eigenvalue weighted by Crippen LogP contribution is -2.38. The molecule has 0 spiro atoms. The van der Waals surface area contributed by atoms with Crippen molar-refractivity contribution in [2.45, 2.75) is 25.3 Å². The fourth-order valence-corrected chi connectivity index (χ4v) is 2.53. The molecule has 6 nitrogen and oxygen atoms in total. The molecule has 0 aliphatic carbocycles. The molecule has 1 atom stereocenters. The number of nitrogens with zero attached hydrogens (tertiary/aromatic N) is 1. The second-order valence-corrected chi connectivity index (χ2v) is 5.93. The summed E-state index contributed by atoms with van der Waals surface area (Å²) in [5.74, 6) is -1.80. The second-order valence-electron chi connectivity index (χ2n) is 5.93. The lowest BCUT2D eigenvalue weighted by atomic mass is 10.1. The number of hydrogen-bond donors (Lipinski definition) is 2. The number of carboxylic acids is 1. The van der Waals surface area contributed by atoms with Crippen molar-refractivity contribution >= 4 is 17.8 Å². The Morgan fingerprint density at radius 2 is 1.31 bits per heavy atom. The summed E-state index contributed by atoms with van der Waals surface area (Å²) in [6, 6.07) is 16.3. The number of carboxylic acid groups (broad SMARTS) is 1. The molecule has 0 bridgehead atoms. The third-order valence-electron chi connectivity index (χ3n) is 4.00. The van der Waals surface area contributed by atoms with Gasteiger partial charge in [-0.25, -0.2) is 0 Å². The molecular weight excluding hydrogens is 332 g/mol. The Hall–Kier alpha value is -2.99. The van der Waals surface area contributed by atoms with E-state index in [1.807, 2.05) is 0 Å². The Bertz CT molecular complexity index is 695. The first-order chi connectivity index (χ1) is 12.5. The van der Waals surface area contributed by atoms with Crippen LogP contribution in [0.4, 0.5) is 0 Å². The van der Waals surface area contributed by atoms with Gasteiger partial charge in [0.25, 0.3) is 11.8 Å². The number of carbonyl (C=O) groups excluding carboxylic acids is 2. The average Bonchev–Trinajstić information content (AvgIpc) is 2.68. The highest BCUT2D eigenvalue weighted by Crippen LogP contribution is 2.12. The number of amides is 2. The van der Waals surface area contributed by atoms with E-state index in [-0.39, 0.29) is 18.4 Å². The van der Waals surface area contributed by atoms with Crippen LogP contribution in [0.15, 0.2) is 60.7 Å². The van der Waals surface area contributed by atoms with Crippen molar-refractivity contribution in [1.29, 1.82) is 0 Å².